The molecular weight excluding hydrogens is 2000 g/mol. The molecule has 7 aliphatic rings. The molecule has 1 aromatic heterocycles. The highest BCUT2D eigenvalue weighted by atomic mass is 127. The van der Waals surface area contributed by atoms with Crippen LogP contribution < -0.4 is 37.0 Å². The van der Waals surface area contributed by atoms with Crippen molar-refractivity contribution in [2.45, 2.75) is 235 Å². The van der Waals surface area contributed by atoms with E-state index in [1.165, 1.54) is 280 Å². The van der Waals surface area contributed by atoms with Gasteiger partial charge in [-0.15, -0.1) is 0 Å². The normalized spacial score (nSPS) is 15.5. The zero-order valence-corrected chi connectivity index (χ0v) is 94.9. The molecule has 14 aromatic rings. The topological polar surface area (TPSA) is 89.2 Å². The molecule has 16 heteroatoms. The van der Waals surface area contributed by atoms with Crippen LogP contribution in [0.2, 0.25) is 0 Å². The summed E-state index contributed by atoms with van der Waals surface area (Å²) >= 11 is 2.06. The number of aliphatic imine (C=N–C) groups is 1. The Balaban J connectivity index is 0.000000149. The minimum atomic E-state index is -0.263. The van der Waals surface area contributed by atoms with E-state index in [1.807, 2.05) is 24.1 Å². The summed E-state index contributed by atoms with van der Waals surface area (Å²) in [6.45, 7) is 18.1. The van der Waals surface area contributed by atoms with E-state index in [1.54, 1.807) is 36.6 Å². The Bertz CT molecular complexity index is 5650. The summed E-state index contributed by atoms with van der Waals surface area (Å²) in [5.74, 6) is 6.62. The number of likely N-dealkylation sites (N-methyl/N-ethyl adjacent to an activating group) is 3. The number of hydrogen-bond donors (Lipinski definition) is 2. The fourth-order valence-electron chi connectivity index (χ4n) is 19.3. The van der Waals surface area contributed by atoms with Crippen molar-refractivity contribution in [3.05, 3.63) is 396 Å². The average molecular weight is 2160 g/mol. The summed E-state index contributed by atoms with van der Waals surface area (Å²) in [6, 6.07) is 126. The van der Waals surface area contributed by atoms with Gasteiger partial charge in [-0.25, -0.2) is 4.39 Å². The minimum Gasteiger partial charge on any atom is -0.497 e. The van der Waals surface area contributed by atoms with Gasteiger partial charge in [-0.3, -0.25) is 4.99 Å². The lowest BCUT2D eigenvalue weighted by atomic mass is 9.82. The monoisotopic (exact) mass is 2160 g/mol. The number of piperidine rings is 1. The first kappa shape index (κ1) is 116. The average Bonchev–Trinajstić information content (AvgIpc) is 1.61. The number of halogens is 2. The van der Waals surface area contributed by atoms with Gasteiger partial charge in [-0.1, -0.05) is 274 Å². The molecule has 2 N–H and O–H groups in total. The Kier molecular flexibility index (Phi) is 50.8. The second kappa shape index (κ2) is 64.6. The minimum absolute atomic E-state index is 0.0146. The molecule has 0 unspecified atom stereocenters. The number of ether oxygens (including phenoxy) is 2. The third kappa shape index (κ3) is 38.2. The zero-order valence-electron chi connectivity index (χ0n) is 89.3. The highest BCUT2D eigenvalue weighted by Gasteiger charge is 2.34. The summed E-state index contributed by atoms with van der Waals surface area (Å²) in [7, 11) is 12.0. The molecule has 3 aliphatic carbocycles. The predicted octanol–water partition coefficient (Wildman–Crippen LogP) is 27.9. The number of aliphatic hydroxyl groups is 2. The van der Waals surface area contributed by atoms with Crippen molar-refractivity contribution >= 4 is 72.0 Å². The number of hydrogen-bond acceptors (Lipinski definition) is 9. The summed E-state index contributed by atoms with van der Waals surface area (Å²) in [4.78, 5) is 27.0. The standard InChI is InChI=1S/2C24H25S.C18H15S.C13H16NS.C12H17NO.C11H10FNO.C11H16I.C7H14.C6H14N2.C5H13NO2/c2*1-4-10-20(11-5-1)21-16-18-24(19-17-21)25(22-12-6-2-7-13-22)23-14-8-3-9-15-23;1-4-10-16(11-5-1)19(17-12-6-2-7-13-17)18-14-8-3-9-15-18;1-14-10-13(15-8-4-5-9-15)11-6-2-3-7-12(11)14;1-14-12-7-5-11(6-8-12)13-9-3-2-4-10-13;1-14-9-2-3-10(11(12)6-9)8-4-5-13-7-8;1-4-11(2,3)9-5-7-10(12)8-6-9;1-7-5-3-2-4-6-7;1-7-3-5-8(2)6-4-7;1-6(2-4-7)3-5-8/h2*2-3,6-9,12-20H,1,4-5,10-11H2;1-15H;2-3,6-7,10H,4-5,8-9H2,1H3;5-8H,2-4,9-10H2,1H3;2-3,5-7H,4H2,1H3;5-8,12H,4H2,1-3H3;7H,2-6H2,1H3;3-6H2,1-2H3;7-8H,2-5H2,1H3/q4*+1;;;+1;;;. The number of rotatable bonds is 22. The molecule has 0 bridgehead atoms. The van der Waals surface area contributed by atoms with Crippen molar-refractivity contribution in [1.29, 1.82) is 0 Å². The first-order valence-electron chi connectivity index (χ1n) is 53.9. The van der Waals surface area contributed by atoms with Crippen LogP contribution in [-0.4, -0.2) is 148 Å². The van der Waals surface area contributed by atoms with Gasteiger partial charge in [0.25, 0.3) is 22.6 Å². The van der Waals surface area contributed by atoms with Crippen molar-refractivity contribution in [2.75, 3.05) is 117 Å². The molecule has 3 saturated carbocycles. The van der Waals surface area contributed by atoms with Crippen molar-refractivity contribution < 1.29 is 46.7 Å². The Morgan fingerprint density at radius 1 is 0.422 bits per heavy atom. The van der Waals surface area contributed by atoms with E-state index >= 15 is 0 Å². The Morgan fingerprint density at radius 2 is 0.782 bits per heavy atom. The second-order valence-corrected chi connectivity index (χ2v) is 49.5. The van der Waals surface area contributed by atoms with Gasteiger partial charge in [-0.2, -0.15) is 0 Å². The van der Waals surface area contributed by atoms with Crippen LogP contribution in [0.25, 0.3) is 16.5 Å². The molecule has 776 valence electrons. The SMILES string of the molecule is CC1CCCCC1.CCC(C)(C)c1ccc([IH+])cc1.CN(CCO)CCO.CN1CCN(C)CC1.COc1ccc(C2=CN=CC2)c(F)c1.COc1ccc(N2CCCCC2)cc1.Cn1cc([S+]2CCCC2)c2ccccc21.c1ccc([S+](c2ccccc2)c2ccc(C3CCCCC3)cc2)cc1.c1ccc([S+](c2ccccc2)c2ccc(C3CCCCC3)cc2)cc1.c1ccc([S+](c2ccccc2)c2ccccc2)cc1. The van der Waals surface area contributed by atoms with Gasteiger partial charge in [0.2, 0.25) is 0 Å². The molecule has 5 heterocycles. The third-order valence-corrected chi connectivity index (χ3v) is 38.5. The van der Waals surface area contributed by atoms with Gasteiger partial charge in [0.1, 0.15) is 28.8 Å². The molecule has 147 heavy (non-hydrogen) atoms. The number of piperazine rings is 1. The van der Waals surface area contributed by atoms with Crippen LogP contribution in [0, 0.1) is 15.3 Å². The maximum absolute atomic E-state index is 13.5. The third-order valence-electron chi connectivity index (χ3n) is 28.5. The number of methoxy groups -OCH3 is 2. The number of para-hydroxylation sites is 1. The number of nitrogens with zero attached hydrogens (tertiary/aromatic N) is 6. The van der Waals surface area contributed by atoms with Crippen LogP contribution in [0.1, 0.15) is 203 Å². The number of benzene rings is 13. The van der Waals surface area contributed by atoms with E-state index in [2.05, 4.69) is 423 Å². The summed E-state index contributed by atoms with van der Waals surface area (Å²) in [5.41, 5.74) is 9.05. The van der Waals surface area contributed by atoms with E-state index in [0.29, 0.717) is 47.1 Å². The highest BCUT2D eigenvalue weighted by Crippen LogP contribution is 2.41. The lowest BCUT2D eigenvalue weighted by Crippen LogP contribution is -3.34. The molecular formula is C131H165FIN6O4S4+5. The quantitative estimate of drug-likeness (QED) is 0.0513. The lowest BCUT2D eigenvalue weighted by molar-refractivity contribution is -0.328. The molecule has 3 saturated heterocycles. The number of anilines is 1. The Hall–Kier alpha value is -9.93. The second-order valence-electron chi connectivity index (χ2n) is 39.8. The smallest absolute Gasteiger partial charge is 0.296 e. The number of aliphatic hydroxyl groups excluding tert-OH is 2. The van der Waals surface area contributed by atoms with E-state index in [9.17, 15) is 4.39 Å². The van der Waals surface area contributed by atoms with Crippen molar-refractivity contribution in [3.8, 4) is 11.5 Å². The fourth-order valence-corrected chi connectivity index (χ4v) is 28.5. The first-order valence-corrected chi connectivity index (χ1v) is 60.3. The van der Waals surface area contributed by atoms with Crippen LogP contribution in [0.15, 0.2) is 418 Å². The summed E-state index contributed by atoms with van der Waals surface area (Å²) in [6.07, 6.45) is 35.9. The molecule has 0 amide bonds. The van der Waals surface area contributed by atoms with E-state index < -0.39 is 0 Å². The van der Waals surface area contributed by atoms with Crippen molar-refractivity contribution in [1.82, 2.24) is 19.3 Å². The highest BCUT2D eigenvalue weighted by molar-refractivity contribution is 7.98. The van der Waals surface area contributed by atoms with Crippen LogP contribution in [-0.2, 0) is 56.0 Å². The van der Waals surface area contributed by atoms with Gasteiger partial charge in [0, 0.05) is 106 Å². The largest absolute Gasteiger partial charge is 0.497 e. The molecule has 0 spiro atoms. The predicted molar refractivity (Wildman–Crippen MR) is 625 cm³/mol. The first-order chi connectivity index (χ1) is 71.9. The number of fused-ring (bicyclic) bond motifs is 1. The maximum Gasteiger partial charge on any atom is 0.296 e. The Labute approximate surface area is 908 Å². The molecule has 21 rings (SSSR count). The van der Waals surface area contributed by atoms with Gasteiger partial charge in [0.15, 0.2) is 52.5 Å². The molecule has 4 aliphatic heterocycles. The van der Waals surface area contributed by atoms with Crippen LogP contribution >= 0.6 is 0 Å². The Morgan fingerprint density at radius 3 is 1.13 bits per heavy atom. The van der Waals surface area contributed by atoms with E-state index in [4.69, 9.17) is 19.7 Å². The fraction of sp³-hybridized carbons (Fsp3) is 0.366. The zero-order chi connectivity index (χ0) is 103. The van der Waals surface area contributed by atoms with E-state index in [0.717, 1.165) is 29.1 Å². The van der Waals surface area contributed by atoms with Crippen molar-refractivity contribution in [2.24, 2.45) is 18.0 Å². The maximum atomic E-state index is 13.5. The number of allylic oxidation sites excluding steroid dienone is 1. The van der Waals surface area contributed by atoms with Crippen LogP contribution in [0.3, 0.4) is 0 Å². The molecule has 0 atom stereocenters. The molecule has 10 nitrogen and oxygen atoms in total. The van der Waals surface area contributed by atoms with Crippen molar-refractivity contribution in [3.63, 3.8) is 0 Å². The van der Waals surface area contributed by atoms with Crippen LogP contribution in [0.4, 0.5) is 10.1 Å². The summed E-state index contributed by atoms with van der Waals surface area (Å²) < 4.78 is 27.2. The van der Waals surface area contributed by atoms with E-state index in [-0.39, 0.29) is 51.7 Å². The number of aromatic nitrogens is 1. The van der Waals surface area contributed by atoms with Gasteiger partial charge < -0.3 is 43.9 Å². The molecule has 0 radical (unpaired) electrons. The van der Waals surface area contributed by atoms with Crippen LogP contribution in [0.5, 0.6) is 11.5 Å². The number of aryl methyl sites for hydroxylation is 1. The summed E-state index contributed by atoms with van der Waals surface area (Å²) in [5, 5.41) is 18.2. The van der Waals surface area contributed by atoms with Gasteiger partial charge in [-0.05, 0) is 301 Å². The molecule has 13 aromatic carbocycles. The lowest BCUT2D eigenvalue weighted by Gasteiger charge is -2.28. The van der Waals surface area contributed by atoms with Gasteiger partial charge >= 0.3 is 0 Å². The van der Waals surface area contributed by atoms with Gasteiger partial charge in [0.05, 0.1) is 77.2 Å². The molecule has 6 fully saturated rings.